The molecule has 0 saturated heterocycles. The van der Waals surface area contributed by atoms with Crippen molar-refractivity contribution < 1.29 is 23.4 Å². The van der Waals surface area contributed by atoms with E-state index in [2.05, 4.69) is 0 Å². The van der Waals surface area contributed by atoms with E-state index < -0.39 is 18.0 Å². The fourth-order valence-electron chi connectivity index (χ4n) is 3.96. The van der Waals surface area contributed by atoms with Gasteiger partial charge in [-0.2, -0.15) is 0 Å². The number of benzene rings is 3. The summed E-state index contributed by atoms with van der Waals surface area (Å²) in [6, 6.07) is 17.2. The maximum absolute atomic E-state index is 14.2. The van der Waals surface area contributed by atoms with Crippen molar-refractivity contribution in [2.75, 3.05) is 12.0 Å². The molecule has 4 nitrogen and oxygen atoms in total. The molecule has 2 atom stereocenters. The van der Waals surface area contributed by atoms with Crippen molar-refractivity contribution in [3.8, 4) is 5.75 Å². The molecule has 32 heavy (non-hydrogen) atoms. The van der Waals surface area contributed by atoms with E-state index in [1.165, 1.54) is 31.2 Å². The number of ketones is 1. The minimum absolute atomic E-state index is 0.0427. The molecule has 6 heteroatoms. The zero-order valence-corrected chi connectivity index (χ0v) is 17.8. The van der Waals surface area contributed by atoms with Crippen LogP contribution in [0, 0.1) is 11.6 Å². The summed E-state index contributed by atoms with van der Waals surface area (Å²) in [5, 5.41) is 9.87. The molecule has 164 valence electrons. The van der Waals surface area contributed by atoms with Gasteiger partial charge in [-0.1, -0.05) is 6.07 Å². The number of rotatable bonds is 6. The summed E-state index contributed by atoms with van der Waals surface area (Å²) >= 11 is 0. The predicted octanol–water partition coefficient (Wildman–Crippen LogP) is 5.37. The lowest BCUT2D eigenvalue weighted by Gasteiger charge is -2.40. The highest BCUT2D eigenvalue weighted by atomic mass is 19.1. The summed E-state index contributed by atoms with van der Waals surface area (Å²) in [5.74, 6) is -0.475. The maximum Gasteiger partial charge on any atom is 0.163 e. The second-order valence-corrected chi connectivity index (χ2v) is 7.74. The topological polar surface area (TPSA) is 49.8 Å². The second-order valence-electron chi connectivity index (χ2n) is 7.74. The van der Waals surface area contributed by atoms with Gasteiger partial charge < -0.3 is 14.7 Å². The molecule has 0 fully saturated rings. The van der Waals surface area contributed by atoms with Crippen molar-refractivity contribution in [1.29, 1.82) is 0 Å². The first-order chi connectivity index (χ1) is 15.4. The molecule has 3 aromatic carbocycles. The highest BCUT2D eigenvalue weighted by Crippen LogP contribution is 2.44. The van der Waals surface area contributed by atoms with Crippen molar-refractivity contribution in [3.63, 3.8) is 0 Å². The van der Waals surface area contributed by atoms with Gasteiger partial charge in [-0.25, -0.2) is 8.78 Å². The molecule has 1 heterocycles. The highest BCUT2D eigenvalue weighted by Gasteiger charge is 2.33. The van der Waals surface area contributed by atoms with Gasteiger partial charge in [0, 0.05) is 17.8 Å². The number of fused-ring (bicyclic) bond motifs is 1. The molecule has 0 radical (unpaired) electrons. The lowest BCUT2D eigenvalue weighted by Crippen LogP contribution is -2.34. The van der Waals surface area contributed by atoms with Crippen LogP contribution in [0.3, 0.4) is 0 Å². The Labute approximate surface area is 185 Å². The SMILES string of the molecule is COc1ccc(C2=Cc3ccc(F)cc3C(CC(=O)C(C)O)N2c2ccc(F)cc2)cc1. The molecular formula is C26H23F2NO3. The number of hydrogen-bond donors (Lipinski definition) is 1. The van der Waals surface area contributed by atoms with Crippen molar-refractivity contribution in [3.05, 3.63) is 95.1 Å². The number of ether oxygens (including phenoxy) is 1. The van der Waals surface area contributed by atoms with Gasteiger partial charge >= 0.3 is 0 Å². The zero-order valence-electron chi connectivity index (χ0n) is 17.8. The number of carbonyl (C=O) groups excluding carboxylic acids is 1. The summed E-state index contributed by atoms with van der Waals surface area (Å²) in [6.45, 7) is 1.42. The fraction of sp³-hybridized carbons (Fsp3) is 0.192. The van der Waals surface area contributed by atoms with E-state index >= 15 is 0 Å². The molecule has 1 aliphatic rings. The number of aliphatic hydroxyl groups is 1. The van der Waals surface area contributed by atoms with Crippen molar-refractivity contribution >= 4 is 23.2 Å². The van der Waals surface area contributed by atoms with Crippen LogP contribution >= 0.6 is 0 Å². The molecule has 0 amide bonds. The largest absolute Gasteiger partial charge is 0.497 e. The number of nitrogens with zero attached hydrogens (tertiary/aromatic N) is 1. The Balaban J connectivity index is 1.92. The molecule has 0 aromatic heterocycles. The van der Waals surface area contributed by atoms with Crippen LogP contribution < -0.4 is 9.64 Å². The van der Waals surface area contributed by atoms with Gasteiger partial charge in [-0.15, -0.1) is 0 Å². The Morgan fingerprint density at radius 1 is 1.03 bits per heavy atom. The van der Waals surface area contributed by atoms with Crippen molar-refractivity contribution in [1.82, 2.24) is 0 Å². The van der Waals surface area contributed by atoms with E-state index in [0.717, 1.165) is 16.8 Å². The van der Waals surface area contributed by atoms with Gasteiger partial charge in [0.05, 0.1) is 13.2 Å². The third kappa shape index (κ3) is 4.27. The normalized spacial score (nSPS) is 16.2. The van der Waals surface area contributed by atoms with Gasteiger partial charge in [0.2, 0.25) is 0 Å². The third-order valence-corrected chi connectivity index (χ3v) is 5.62. The minimum atomic E-state index is -1.16. The predicted molar refractivity (Wildman–Crippen MR) is 120 cm³/mol. The van der Waals surface area contributed by atoms with E-state index in [4.69, 9.17) is 4.74 Å². The number of Topliss-reactive ketones (excluding diaryl/α,β-unsaturated/α-hetero) is 1. The van der Waals surface area contributed by atoms with Gasteiger partial charge in [0.25, 0.3) is 0 Å². The standard InChI is InChI=1S/C26H23F2NO3/c1-16(30)26(31)15-25-23-14-20(28)6-3-18(23)13-24(17-4-11-22(32-2)12-5-17)29(25)21-9-7-19(27)8-10-21/h3-14,16,25,30H,15H2,1-2H3. The van der Waals surface area contributed by atoms with Crippen LogP contribution in [0.4, 0.5) is 14.5 Å². The van der Waals surface area contributed by atoms with E-state index in [9.17, 15) is 18.7 Å². The summed E-state index contributed by atoms with van der Waals surface area (Å²) < 4.78 is 33.2. The molecule has 0 aliphatic carbocycles. The van der Waals surface area contributed by atoms with E-state index in [-0.39, 0.29) is 18.0 Å². The van der Waals surface area contributed by atoms with Crippen LogP contribution in [0.5, 0.6) is 5.75 Å². The number of carbonyl (C=O) groups is 1. The first kappa shape index (κ1) is 21.7. The van der Waals surface area contributed by atoms with Crippen molar-refractivity contribution in [2.45, 2.75) is 25.5 Å². The average Bonchev–Trinajstić information content (AvgIpc) is 2.79. The van der Waals surface area contributed by atoms with Crippen LogP contribution in [0.15, 0.2) is 66.7 Å². The highest BCUT2D eigenvalue weighted by molar-refractivity contribution is 5.95. The fourth-order valence-corrected chi connectivity index (χ4v) is 3.96. The second kappa shape index (κ2) is 8.93. The maximum atomic E-state index is 14.2. The quantitative estimate of drug-likeness (QED) is 0.565. The number of aliphatic hydroxyl groups excluding tert-OH is 1. The van der Waals surface area contributed by atoms with E-state index in [1.54, 1.807) is 25.3 Å². The summed E-state index contributed by atoms with van der Waals surface area (Å²) in [6.07, 6.45) is 0.722. The van der Waals surface area contributed by atoms with Crippen molar-refractivity contribution in [2.24, 2.45) is 0 Å². The lowest BCUT2D eigenvalue weighted by atomic mass is 9.87. The summed E-state index contributed by atoms with van der Waals surface area (Å²) in [5.41, 5.74) is 3.66. The number of halogens is 2. The molecule has 0 bridgehead atoms. The Morgan fingerprint density at radius 2 is 1.69 bits per heavy atom. The van der Waals surface area contributed by atoms with Crippen LogP contribution in [0.25, 0.3) is 11.8 Å². The molecule has 4 rings (SSSR count). The number of methoxy groups -OCH3 is 1. The van der Waals surface area contributed by atoms with Crippen LogP contribution in [0.2, 0.25) is 0 Å². The molecule has 0 saturated carbocycles. The monoisotopic (exact) mass is 435 g/mol. The van der Waals surface area contributed by atoms with Crippen LogP contribution in [0.1, 0.15) is 36.1 Å². The molecule has 1 aliphatic heterocycles. The Kier molecular flexibility index (Phi) is 6.06. The molecule has 1 N–H and O–H groups in total. The molecule has 3 aromatic rings. The van der Waals surface area contributed by atoms with Gasteiger partial charge in [-0.05, 0) is 90.4 Å². The Hall–Kier alpha value is -3.51. The van der Waals surface area contributed by atoms with Crippen LogP contribution in [-0.2, 0) is 4.79 Å². The van der Waals surface area contributed by atoms with Gasteiger partial charge in [0.15, 0.2) is 5.78 Å². The van der Waals surface area contributed by atoms with E-state index in [0.29, 0.717) is 17.0 Å². The zero-order chi connectivity index (χ0) is 22.8. The number of anilines is 1. The minimum Gasteiger partial charge on any atom is -0.497 e. The first-order valence-corrected chi connectivity index (χ1v) is 10.3. The van der Waals surface area contributed by atoms with Crippen LogP contribution in [-0.4, -0.2) is 24.1 Å². The summed E-state index contributed by atoms with van der Waals surface area (Å²) in [7, 11) is 1.59. The lowest BCUT2D eigenvalue weighted by molar-refractivity contribution is -0.126. The Bertz CT molecular complexity index is 1150. The smallest absolute Gasteiger partial charge is 0.163 e. The first-order valence-electron chi connectivity index (χ1n) is 10.3. The van der Waals surface area contributed by atoms with E-state index in [1.807, 2.05) is 35.2 Å². The molecule has 2 unspecified atom stereocenters. The third-order valence-electron chi connectivity index (χ3n) is 5.62. The Morgan fingerprint density at radius 3 is 2.31 bits per heavy atom. The molecule has 0 spiro atoms. The van der Waals surface area contributed by atoms with Gasteiger partial charge in [0.1, 0.15) is 23.5 Å². The molecular weight excluding hydrogens is 412 g/mol. The summed E-state index contributed by atoms with van der Waals surface area (Å²) in [4.78, 5) is 14.5. The number of hydrogen-bond acceptors (Lipinski definition) is 4. The average molecular weight is 435 g/mol. The van der Waals surface area contributed by atoms with Gasteiger partial charge in [-0.3, -0.25) is 4.79 Å².